The lowest BCUT2D eigenvalue weighted by molar-refractivity contribution is 0.257. The van der Waals surface area contributed by atoms with Gasteiger partial charge >= 0.3 is 6.03 Å². The van der Waals surface area contributed by atoms with E-state index in [1.165, 1.54) is 0 Å². The van der Waals surface area contributed by atoms with Crippen LogP contribution in [-0.4, -0.2) is 19.1 Å². The Labute approximate surface area is 128 Å². The topological polar surface area (TPSA) is 44.4 Å². The fraction of sp³-hybridized carbons (Fsp3) is 0.188. The molecule has 0 bridgehead atoms. The molecule has 1 aliphatic rings. The van der Waals surface area contributed by atoms with Crippen molar-refractivity contribution in [3.05, 3.63) is 59.1 Å². The monoisotopic (exact) mass is 301 g/mol. The Bertz CT molecular complexity index is 642. The molecule has 0 aliphatic carbocycles. The zero-order valence-electron chi connectivity index (χ0n) is 11.5. The SMILES string of the molecule is O=C(Nc1ccc(Cl)cc1)N1CCNCc2ccccc21. The van der Waals surface area contributed by atoms with Gasteiger partial charge in [0.25, 0.3) is 0 Å². The number of para-hydroxylation sites is 1. The number of amides is 2. The molecular weight excluding hydrogens is 286 g/mol. The fourth-order valence-corrected chi connectivity index (χ4v) is 2.52. The number of carbonyl (C=O) groups is 1. The number of halogens is 1. The molecule has 108 valence electrons. The highest BCUT2D eigenvalue weighted by Crippen LogP contribution is 2.23. The lowest BCUT2D eigenvalue weighted by Crippen LogP contribution is -2.38. The summed E-state index contributed by atoms with van der Waals surface area (Å²) in [6, 6.07) is 14.9. The fourth-order valence-electron chi connectivity index (χ4n) is 2.39. The maximum atomic E-state index is 12.5. The van der Waals surface area contributed by atoms with Crippen LogP contribution in [0.5, 0.6) is 0 Å². The highest BCUT2D eigenvalue weighted by Gasteiger charge is 2.20. The first-order chi connectivity index (χ1) is 10.2. The van der Waals surface area contributed by atoms with Gasteiger partial charge in [0, 0.05) is 36.0 Å². The molecule has 0 aromatic heterocycles. The van der Waals surface area contributed by atoms with Crippen LogP contribution in [-0.2, 0) is 6.54 Å². The van der Waals surface area contributed by atoms with Crippen LogP contribution >= 0.6 is 11.6 Å². The third-order valence-electron chi connectivity index (χ3n) is 3.45. The molecule has 0 unspecified atom stereocenters. The van der Waals surface area contributed by atoms with Gasteiger partial charge < -0.3 is 10.6 Å². The molecule has 0 fully saturated rings. The van der Waals surface area contributed by atoms with Crippen LogP contribution in [0.4, 0.5) is 16.2 Å². The van der Waals surface area contributed by atoms with E-state index >= 15 is 0 Å². The summed E-state index contributed by atoms with van der Waals surface area (Å²) in [6.45, 7) is 2.18. The Kier molecular flexibility index (Phi) is 4.08. The Hall–Kier alpha value is -2.04. The van der Waals surface area contributed by atoms with Gasteiger partial charge in [-0.1, -0.05) is 29.8 Å². The van der Waals surface area contributed by atoms with Gasteiger partial charge in [-0.05, 0) is 35.9 Å². The summed E-state index contributed by atoms with van der Waals surface area (Å²) in [6.07, 6.45) is 0. The van der Waals surface area contributed by atoms with Crippen LogP contribution in [0.15, 0.2) is 48.5 Å². The molecule has 0 atom stereocenters. The molecule has 21 heavy (non-hydrogen) atoms. The zero-order valence-corrected chi connectivity index (χ0v) is 12.2. The van der Waals surface area contributed by atoms with Crippen molar-refractivity contribution in [3.63, 3.8) is 0 Å². The average Bonchev–Trinajstić information content (AvgIpc) is 2.72. The summed E-state index contributed by atoms with van der Waals surface area (Å²) in [5.41, 5.74) is 2.81. The zero-order chi connectivity index (χ0) is 14.7. The van der Waals surface area contributed by atoms with Crippen molar-refractivity contribution in [1.29, 1.82) is 0 Å². The molecule has 2 aromatic carbocycles. The summed E-state index contributed by atoms with van der Waals surface area (Å²) in [5, 5.41) is 6.88. The summed E-state index contributed by atoms with van der Waals surface area (Å²) in [7, 11) is 0. The largest absolute Gasteiger partial charge is 0.326 e. The van der Waals surface area contributed by atoms with Crippen molar-refractivity contribution >= 4 is 29.0 Å². The first kappa shape index (κ1) is 13.9. The van der Waals surface area contributed by atoms with Crippen LogP contribution < -0.4 is 15.5 Å². The Morgan fingerprint density at radius 3 is 2.71 bits per heavy atom. The van der Waals surface area contributed by atoms with Crippen molar-refractivity contribution in [2.45, 2.75) is 6.54 Å². The number of rotatable bonds is 1. The number of urea groups is 1. The molecule has 1 aliphatic heterocycles. The second-order valence-electron chi connectivity index (χ2n) is 4.89. The Morgan fingerprint density at radius 2 is 1.90 bits per heavy atom. The van der Waals surface area contributed by atoms with Crippen molar-refractivity contribution < 1.29 is 4.79 Å². The van der Waals surface area contributed by atoms with Crippen LogP contribution in [0.1, 0.15) is 5.56 Å². The first-order valence-corrected chi connectivity index (χ1v) is 7.24. The van der Waals surface area contributed by atoms with Crippen LogP contribution in [0.25, 0.3) is 0 Å². The lowest BCUT2D eigenvalue weighted by atomic mass is 10.1. The van der Waals surface area contributed by atoms with E-state index in [9.17, 15) is 4.79 Å². The van der Waals surface area contributed by atoms with E-state index in [1.54, 1.807) is 29.2 Å². The van der Waals surface area contributed by atoms with Crippen LogP contribution in [0.3, 0.4) is 0 Å². The molecule has 1 heterocycles. The van der Waals surface area contributed by atoms with Crippen LogP contribution in [0, 0.1) is 0 Å². The van der Waals surface area contributed by atoms with E-state index in [1.807, 2.05) is 24.3 Å². The van der Waals surface area contributed by atoms with Gasteiger partial charge in [-0.15, -0.1) is 0 Å². The maximum Gasteiger partial charge on any atom is 0.326 e. The minimum Gasteiger partial charge on any atom is -0.311 e. The molecule has 4 nitrogen and oxygen atoms in total. The quantitative estimate of drug-likeness (QED) is 0.847. The molecule has 0 spiro atoms. The van der Waals surface area contributed by atoms with Gasteiger partial charge in [0.1, 0.15) is 0 Å². The predicted octanol–water partition coefficient (Wildman–Crippen LogP) is 3.48. The van der Waals surface area contributed by atoms with E-state index in [4.69, 9.17) is 11.6 Å². The van der Waals surface area contributed by atoms with Gasteiger partial charge in [-0.25, -0.2) is 4.79 Å². The van der Waals surface area contributed by atoms with E-state index < -0.39 is 0 Å². The number of benzene rings is 2. The normalized spacial score (nSPS) is 14.2. The molecule has 2 amide bonds. The number of hydrogen-bond donors (Lipinski definition) is 2. The van der Waals surface area contributed by atoms with E-state index in [-0.39, 0.29) is 6.03 Å². The summed E-state index contributed by atoms with van der Waals surface area (Å²) >= 11 is 5.85. The number of hydrogen-bond acceptors (Lipinski definition) is 2. The van der Waals surface area contributed by atoms with Crippen molar-refractivity contribution in [1.82, 2.24) is 5.32 Å². The minimum absolute atomic E-state index is 0.131. The lowest BCUT2D eigenvalue weighted by Gasteiger charge is -2.22. The number of nitrogens with one attached hydrogen (secondary N) is 2. The summed E-state index contributed by atoms with van der Waals surface area (Å²) < 4.78 is 0. The second kappa shape index (κ2) is 6.16. The predicted molar refractivity (Wildman–Crippen MR) is 86.0 cm³/mol. The third kappa shape index (κ3) is 3.17. The summed E-state index contributed by atoms with van der Waals surface area (Å²) in [4.78, 5) is 14.3. The second-order valence-corrected chi connectivity index (χ2v) is 5.33. The third-order valence-corrected chi connectivity index (χ3v) is 3.70. The van der Waals surface area contributed by atoms with Gasteiger partial charge in [0.2, 0.25) is 0 Å². The number of carbonyl (C=O) groups excluding carboxylic acids is 1. The first-order valence-electron chi connectivity index (χ1n) is 6.87. The molecule has 5 heteroatoms. The van der Waals surface area contributed by atoms with Crippen molar-refractivity contribution in [2.75, 3.05) is 23.3 Å². The molecule has 0 saturated carbocycles. The molecule has 0 radical (unpaired) electrons. The standard InChI is InChI=1S/C16H16ClN3O/c17-13-5-7-14(8-6-13)19-16(21)20-10-9-18-11-12-3-1-2-4-15(12)20/h1-8,18H,9-11H2,(H,19,21). The molecular formula is C16H16ClN3O. The van der Waals surface area contributed by atoms with Crippen LogP contribution in [0.2, 0.25) is 5.02 Å². The van der Waals surface area contributed by atoms with Gasteiger partial charge in [0.05, 0.1) is 0 Å². The number of nitrogens with zero attached hydrogens (tertiary/aromatic N) is 1. The van der Waals surface area contributed by atoms with E-state index in [0.29, 0.717) is 11.6 Å². The molecule has 0 saturated heterocycles. The van der Waals surface area contributed by atoms with E-state index in [2.05, 4.69) is 10.6 Å². The van der Waals surface area contributed by atoms with Gasteiger partial charge in [-0.3, -0.25) is 4.90 Å². The highest BCUT2D eigenvalue weighted by atomic mass is 35.5. The van der Waals surface area contributed by atoms with Crippen molar-refractivity contribution in [2.24, 2.45) is 0 Å². The number of fused-ring (bicyclic) bond motifs is 1. The number of anilines is 2. The van der Waals surface area contributed by atoms with Gasteiger partial charge in [0.15, 0.2) is 0 Å². The van der Waals surface area contributed by atoms with E-state index in [0.717, 1.165) is 30.0 Å². The van der Waals surface area contributed by atoms with Crippen molar-refractivity contribution in [3.8, 4) is 0 Å². The Balaban J connectivity index is 1.82. The van der Waals surface area contributed by atoms with Gasteiger partial charge in [-0.2, -0.15) is 0 Å². The molecule has 2 aromatic rings. The average molecular weight is 302 g/mol. The smallest absolute Gasteiger partial charge is 0.311 e. The Morgan fingerprint density at radius 1 is 1.14 bits per heavy atom. The highest BCUT2D eigenvalue weighted by molar-refractivity contribution is 6.30. The maximum absolute atomic E-state index is 12.5. The summed E-state index contributed by atoms with van der Waals surface area (Å²) in [5.74, 6) is 0. The molecule has 3 rings (SSSR count). The molecule has 2 N–H and O–H groups in total. The minimum atomic E-state index is -0.131.